The highest BCUT2D eigenvalue weighted by Gasteiger charge is 2.71. The molecule has 0 aromatic carbocycles. The van der Waals surface area contributed by atoms with E-state index in [2.05, 4.69) is 48.1 Å². The highest BCUT2D eigenvalue weighted by Crippen LogP contribution is 2.78. The molecule has 302 valence electrons. The Labute approximate surface area is 327 Å². The third-order valence-corrected chi connectivity index (χ3v) is 19.7. The van der Waals surface area contributed by atoms with Gasteiger partial charge in [-0.3, -0.25) is 14.4 Å². The number of aliphatic carboxylic acids is 1. The second kappa shape index (κ2) is 12.8. The molecule has 0 aromatic heterocycles. The number of allylic oxidation sites excluding steroid dienone is 1. The third-order valence-electron chi connectivity index (χ3n) is 19.7. The maximum Gasteiger partial charge on any atom is 0.312 e. The molecule has 6 nitrogen and oxygen atoms in total. The Morgan fingerprint density at radius 3 is 2.02 bits per heavy atom. The highest BCUT2D eigenvalue weighted by molar-refractivity contribution is 5.77. The molecule has 4 bridgehead atoms. The van der Waals surface area contributed by atoms with E-state index in [4.69, 9.17) is 9.47 Å². The Morgan fingerprint density at radius 1 is 0.759 bits per heavy atom. The molecule has 0 radical (unpaired) electrons. The summed E-state index contributed by atoms with van der Waals surface area (Å²) in [6, 6.07) is 0. The van der Waals surface area contributed by atoms with Crippen LogP contribution >= 0.6 is 0 Å². The van der Waals surface area contributed by atoms with Crippen molar-refractivity contribution >= 4 is 17.9 Å². The van der Waals surface area contributed by atoms with Gasteiger partial charge in [-0.1, -0.05) is 60.6 Å². The molecule has 0 aliphatic heterocycles. The number of esters is 2. The molecule has 9 rings (SSSR count). The van der Waals surface area contributed by atoms with Crippen LogP contribution in [-0.2, 0) is 23.9 Å². The fraction of sp³-hybridized carbons (Fsp3) is 0.896. The minimum atomic E-state index is -0.877. The number of carbonyl (C=O) groups excluding carboxylic acids is 2. The summed E-state index contributed by atoms with van der Waals surface area (Å²) in [5.41, 5.74) is 1.01. The fourth-order valence-corrected chi connectivity index (χ4v) is 17.5. The molecular formula is C48H74O6. The van der Waals surface area contributed by atoms with Crippen LogP contribution in [0.25, 0.3) is 0 Å². The van der Waals surface area contributed by atoms with E-state index in [0.29, 0.717) is 36.2 Å². The molecule has 9 saturated carbocycles. The van der Waals surface area contributed by atoms with Crippen molar-refractivity contribution < 1.29 is 29.0 Å². The van der Waals surface area contributed by atoms with Crippen LogP contribution in [0.2, 0.25) is 0 Å². The summed E-state index contributed by atoms with van der Waals surface area (Å²) >= 11 is 0. The van der Waals surface area contributed by atoms with Crippen LogP contribution in [0, 0.1) is 85.2 Å². The summed E-state index contributed by atoms with van der Waals surface area (Å²) in [6.07, 6.45) is 18.7. The Kier molecular flexibility index (Phi) is 9.26. The molecule has 9 fully saturated rings. The Hall–Kier alpha value is -1.85. The average molecular weight is 747 g/mol. The molecule has 10 atom stereocenters. The van der Waals surface area contributed by atoms with Gasteiger partial charge in [0.15, 0.2) is 0 Å². The van der Waals surface area contributed by atoms with Gasteiger partial charge in [0, 0.05) is 10.8 Å². The number of fused-ring (bicyclic) bond motifs is 7. The van der Waals surface area contributed by atoms with Crippen molar-refractivity contribution in [2.24, 2.45) is 85.2 Å². The van der Waals surface area contributed by atoms with Crippen molar-refractivity contribution in [1.82, 2.24) is 0 Å². The van der Waals surface area contributed by atoms with Crippen molar-refractivity contribution in [3.05, 3.63) is 12.2 Å². The number of carboxylic acid groups (broad SMARTS) is 1. The zero-order chi connectivity index (χ0) is 38.9. The molecule has 0 spiro atoms. The topological polar surface area (TPSA) is 89.9 Å². The Morgan fingerprint density at radius 2 is 1.41 bits per heavy atom. The SMILES string of the molecule is C=C(C)[C@@H]1CC[C@]2(COC(=O)C34CC5CC(CC(C5)C3)C4)CC[C@]3(C)[C@H](CC[C@@H]4[C@@]5(C)CC[C@H](OC(=O)CC(C)(C)CC(=O)O)C(C)(C)[C@@H]5CC[C@]43C)[C@@H]12. The summed E-state index contributed by atoms with van der Waals surface area (Å²) in [6.45, 7) is 23.9. The maximum absolute atomic E-state index is 14.2. The van der Waals surface area contributed by atoms with Gasteiger partial charge in [0.1, 0.15) is 6.10 Å². The molecule has 54 heavy (non-hydrogen) atoms. The highest BCUT2D eigenvalue weighted by atomic mass is 16.5. The zero-order valence-electron chi connectivity index (χ0n) is 35.3. The van der Waals surface area contributed by atoms with Gasteiger partial charge in [0.2, 0.25) is 0 Å². The first kappa shape index (κ1) is 39.0. The second-order valence-corrected chi connectivity index (χ2v) is 23.6. The van der Waals surface area contributed by atoms with Crippen LogP contribution in [0.1, 0.15) is 171 Å². The molecule has 9 aliphatic rings. The molecule has 6 heteroatoms. The molecule has 0 heterocycles. The lowest BCUT2D eigenvalue weighted by Gasteiger charge is -2.73. The number of hydrogen-bond donors (Lipinski definition) is 1. The van der Waals surface area contributed by atoms with Gasteiger partial charge in [-0.05, 0) is 179 Å². The average Bonchev–Trinajstić information content (AvgIpc) is 3.44. The van der Waals surface area contributed by atoms with Crippen molar-refractivity contribution in [2.45, 2.75) is 177 Å². The number of ether oxygens (including phenoxy) is 2. The predicted molar refractivity (Wildman–Crippen MR) is 211 cm³/mol. The number of rotatable bonds is 9. The van der Waals surface area contributed by atoms with E-state index >= 15 is 0 Å². The van der Waals surface area contributed by atoms with Crippen molar-refractivity contribution in [3.63, 3.8) is 0 Å². The summed E-state index contributed by atoms with van der Waals surface area (Å²) < 4.78 is 13.0. The second-order valence-electron chi connectivity index (χ2n) is 23.6. The minimum Gasteiger partial charge on any atom is -0.481 e. The van der Waals surface area contributed by atoms with Crippen LogP contribution < -0.4 is 0 Å². The van der Waals surface area contributed by atoms with E-state index in [9.17, 15) is 19.5 Å². The Balaban J connectivity index is 1.01. The lowest BCUT2D eigenvalue weighted by Crippen LogP contribution is -2.67. The molecule has 0 unspecified atom stereocenters. The smallest absolute Gasteiger partial charge is 0.312 e. The molecule has 1 N–H and O–H groups in total. The zero-order valence-corrected chi connectivity index (χ0v) is 35.3. The van der Waals surface area contributed by atoms with Crippen LogP contribution in [-0.4, -0.2) is 35.7 Å². The number of hydrogen-bond acceptors (Lipinski definition) is 5. The summed E-state index contributed by atoms with van der Waals surface area (Å²) in [4.78, 5) is 38.9. The van der Waals surface area contributed by atoms with Gasteiger partial charge in [-0.2, -0.15) is 0 Å². The number of carbonyl (C=O) groups is 3. The fourth-order valence-electron chi connectivity index (χ4n) is 17.5. The molecular weight excluding hydrogens is 673 g/mol. The van der Waals surface area contributed by atoms with Crippen molar-refractivity contribution in [1.29, 1.82) is 0 Å². The monoisotopic (exact) mass is 747 g/mol. The van der Waals surface area contributed by atoms with E-state index in [-0.39, 0.29) is 63.4 Å². The van der Waals surface area contributed by atoms with Crippen molar-refractivity contribution in [3.8, 4) is 0 Å². The first-order chi connectivity index (χ1) is 25.2. The normalized spacial score (nSPS) is 48.5. The standard InChI is InChI=1S/C48H74O6/c1-29(2)33-12-17-47(28-53-41(52)48-23-30-20-31(24-48)22-32(21-30)25-48)19-18-45(8)34(40(33)47)10-11-36-44(7)15-14-37(43(5,6)35(44)13-16-46(36,45)9)54-39(51)27-42(3,4)26-38(49)50/h30-37,40H,1,10-28H2,2-9H3,(H,49,50)/t30?,31?,32?,33-,34+,35-,36+,37-,40+,44-,45+,46+,47+,48?/m0/s1. The van der Waals surface area contributed by atoms with Crippen molar-refractivity contribution in [2.75, 3.05) is 6.61 Å². The van der Waals surface area contributed by atoms with E-state index in [0.717, 1.165) is 69.1 Å². The minimum absolute atomic E-state index is 0.0427. The van der Waals surface area contributed by atoms with E-state index in [1.807, 2.05) is 13.8 Å². The van der Waals surface area contributed by atoms with Gasteiger partial charge >= 0.3 is 17.9 Å². The van der Waals surface area contributed by atoms with Gasteiger partial charge in [0.05, 0.1) is 24.9 Å². The van der Waals surface area contributed by atoms with Crippen LogP contribution in [0.15, 0.2) is 12.2 Å². The molecule has 0 saturated heterocycles. The Bertz CT molecular complexity index is 1520. The largest absolute Gasteiger partial charge is 0.481 e. The van der Waals surface area contributed by atoms with Gasteiger partial charge in [0.25, 0.3) is 0 Å². The van der Waals surface area contributed by atoms with Crippen LogP contribution in [0.3, 0.4) is 0 Å². The first-order valence-corrected chi connectivity index (χ1v) is 22.4. The lowest BCUT2D eigenvalue weighted by molar-refractivity contribution is -0.252. The summed E-state index contributed by atoms with van der Waals surface area (Å²) in [7, 11) is 0. The molecule has 9 aliphatic carbocycles. The van der Waals surface area contributed by atoms with E-state index in [1.54, 1.807) is 0 Å². The molecule has 0 aromatic rings. The van der Waals surface area contributed by atoms with Gasteiger partial charge in [-0.25, -0.2) is 0 Å². The maximum atomic E-state index is 14.2. The van der Waals surface area contributed by atoms with Crippen LogP contribution in [0.5, 0.6) is 0 Å². The lowest BCUT2D eigenvalue weighted by atomic mass is 9.32. The van der Waals surface area contributed by atoms with Gasteiger partial charge < -0.3 is 14.6 Å². The predicted octanol–water partition coefficient (Wildman–Crippen LogP) is 11.2. The third kappa shape index (κ3) is 5.83. The quantitative estimate of drug-likeness (QED) is 0.187. The van der Waals surface area contributed by atoms with Gasteiger partial charge in [-0.15, -0.1) is 0 Å². The molecule has 0 amide bonds. The van der Waals surface area contributed by atoms with E-state index in [1.165, 1.54) is 56.9 Å². The summed E-state index contributed by atoms with van der Waals surface area (Å²) in [5, 5.41) is 9.37. The van der Waals surface area contributed by atoms with E-state index < -0.39 is 11.4 Å². The number of carboxylic acids is 1. The van der Waals surface area contributed by atoms with Crippen LogP contribution in [0.4, 0.5) is 0 Å². The first-order valence-electron chi connectivity index (χ1n) is 22.4. The summed E-state index contributed by atoms with van der Waals surface area (Å²) in [5.74, 6) is 3.98.